The van der Waals surface area contributed by atoms with Gasteiger partial charge in [-0.25, -0.2) is 13.8 Å². The molecule has 3 aromatic rings. The number of halogens is 3. The Hall–Kier alpha value is -2.71. The minimum absolute atomic E-state index is 0.147. The average molecular weight is 436 g/mol. The number of nitrogens with one attached hydrogen (secondary N) is 2. The summed E-state index contributed by atoms with van der Waals surface area (Å²) in [7, 11) is 0. The molecule has 9 heteroatoms. The van der Waals surface area contributed by atoms with Crippen molar-refractivity contribution >= 4 is 28.5 Å². The van der Waals surface area contributed by atoms with Crippen LogP contribution in [-0.4, -0.2) is 35.9 Å². The van der Waals surface area contributed by atoms with Crippen molar-refractivity contribution in [1.82, 2.24) is 15.6 Å². The highest BCUT2D eigenvalue weighted by molar-refractivity contribution is 6.30. The van der Waals surface area contributed by atoms with E-state index in [-0.39, 0.29) is 18.6 Å². The molecule has 0 aliphatic carbocycles. The average Bonchev–Trinajstić information content (AvgIpc) is 3.04. The Bertz CT molecular complexity index is 1090. The number of benzene rings is 1. The first kappa shape index (κ1) is 20.6. The van der Waals surface area contributed by atoms with Gasteiger partial charge in [0.05, 0.1) is 18.2 Å². The minimum Gasteiger partial charge on any atom is -0.489 e. The minimum atomic E-state index is -3.02. The van der Waals surface area contributed by atoms with E-state index < -0.39 is 24.4 Å². The van der Waals surface area contributed by atoms with Gasteiger partial charge in [0.25, 0.3) is 11.8 Å². The molecule has 1 saturated heterocycles. The first-order valence-electron chi connectivity index (χ1n) is 9.50. The molecule has 30 heavy (non-hydrogen) atoms. The fourth-order valence-electron chi connectivity index (χ4n) is 3.50. The first-order chi connectivity index (χ1) is 14.3. The van der Waals surface area contributed by atoms with Crippen LogP contribution in [0.4, 0.5) is 8.78 Å². The summed E-state index contributed by atoms with van der Waals surface area (Å²) in [4.78, 5) is 16.8. The lowest BCUT2D eigenvalue weighted by Gasteiger charge is -2.32. The topological polar surface area (TPSA) is 76.4 Å². The molecule has 0 saturated carbocycles. The number of hydrogen-bond donors (Lipinski definition) is 2. The van der Waals surface area contributed by atoms with Gasteiger partial charge >= 0.3 is 0 Å². The van der Waals surface area contributed by atoms with Gasteiger partial charge in [0.2, 0.25) is 0 Å². The van der Waals surface area contributed by atoms with Crippen molar-refractivity contribution in [1.29, 1.82) is 0 Å². The molecular weight excluding hydrogens is 416 g/mol. The molecule has 0 bridgehead atoms. The number of fused-ring (bicyclic) bond motifs is 1. The van der Waals surface area contributed by atoms with Crippen molar-refractivity contribution in [2.45, 2.75) is 31.9 Å². The highest BCUT2D eigenvalue weighted by Crippen LogP contribution is 2.31. The van der Waals surface area contributed by atoms with Gasteiger partial charge < -0.3 is 19.8 Å². The van der Waals surface area contributed by atoms with Crippen LogP contribution in [0.5, 0.6) is 5.75 Å². The summed E-state index contributed by atoms with van der Waals surface area (Å²) in [6.45, 7) is 1.78. The number of aryl methyl sites for hydroxylation is 1. The maximum Gasteiger partial charge on any atom is 0.280 e. The zero-order valence-corrected chi connectivity index (χ0v) is 16.9. The number of carbonyl (C=O) groups is 1. The third kappa shape index (κ3) is 4.11. The maximum absolute atomic E-state index is 14.1. The molecule has 1 aliphatic heterocycles. The fraction of sp³-hybridized carbons (Fsp3) is 0.333. The van der Waals surface area contributed by atoms with E-state index in [4.69, 9.17) is 20.8 Å². The van der Waals surface area contributed by atoms with Crippen molar-refractivity contribution in [2.24, 2.45) is 0 Å². The summed E-state index contributed by atoms with van der Waals surface area (Å²) in [5, 5.41) is 5.96. The van der Waals surface area contributed by atoms with Crippen molar-refractivity contribution in [2.75, 3.05) is 13.1 Å². The van der Waals surface area contributed by atoms with Crippen molar-refractivity contribution in [3.05, 3.63) is 58.6 Å². The van der Waals surface area contributed by atoms with Crippen LogP contribution in [0.3, 0.4) is 0 Å². The number of ether oxygens (including phenoxy) is 1. The van der Waals surface area contributed by atoms with Crippen LogP contribution in [0.15, 0.2) is 40.9 Å². The summed E-state index contributed by atoms with van der Waals surface area (Å²) in [6, 6.07) is 7.37. The number of piperidine rings is 1. The van der Waals surface area contributed by atoms with E-state index in [1.165, 1.54) is 0 Å². The molecule has 2 aromatic heterocycles. The van der Waals surface area contributed by atoms with Crippen molar-refractivity contribution < 1.29 is 22.7 Å². The molecule has 1 unspecified atom stereocenters. The second kappa shape index (κ2) is 8.20. The molecule has 1 fully saturated rings. The number of carbonyl (C=O) groups excluding carboxylic acids is 1. The Balaban J connectivity index is 1.57. The molecular formula is C21H20ClF2N3O3. The molecule has 0 spiro atoms. The molecule has 2 N–H and O–H groups in total. The highest BCUT2D eigenvalue weighted by Gasteiger charge is 2.42. The lowest BCUT2D eigenvalue weighted by atomic mass is 10.0. The normalized spacial score (nSPS) is 18.3. The van der Waals surface area contributed by atoms with E-state index in [0.29, 0.717) is 39.7 Å². The molecule has 0 radical (unpaired) electrons. The second-order valence-electron chi connectivity index (χ2n) is 7.19. The van der Waals surface area contributed by atoms with Crippen LogP contribution in [-0.2, 0) is 6.61 Å². The van der Waals surface area contributed by atoms with Crippen LogP contribution in [0, 0.1) is 6.92 Å². The molecule has 6 nitrogen and oxygen atoms in total. The number of hydrogen-bond acceptors (Lipinski definition) is 5. The number of aromatic nitrogens is 1. The zero-order valence-electron chi connectivity index (χ0n) is 16.2. The van der Waals surface area contributed by atoms with E-state index in [0.717, 1.165) is 0 Å². The molecule has 3 heterocycles. The van der Waals surface area contributed by atoms with E-state index in [9.17, 15) is 13.6 Å². The molecule has 158 valence electrons. The second-order valence-corrected chi connectivity index (χ2v) is 7.54. The third-order valence-corrected chi connectivity index (χ3v) is 5.42. The van der Waals surface area contributed by atoms with E-state index in [2.05, 4.69) is 15.6 Å². The zero-order chi connectivity index (χ0) is 21.3. The molecule has 1 amide bonds. The van der Waals surface area contributed by atoms with Gasteiger partial charge in [0.15, 0.2) is 0 Å². The summed E-state index contributed by atoms with van der Waals surface area (Å²) in [5.41, 5.74) is 1.42. The standard InChI is InChI=1S/C21H20ClF2N3O3/c1-12-18(20(28)27-17-6-8-25-11-21(17,23)24)15-9-14(4-5-16(15)30-12)29-10-13-3-2-7-26-19(13)22/h2-5,7,9,17,25H,6,8,10-11H2,1H3,(H,27,28). The third-order valence-electron chi connectivity index (χ3n) is 5.08. The highest BCUT2D eigenvalue weighted by atomic mass is 35.5. The van der Waals surface area contributed by atoms with Gasteiger partial charge in [-0.1, -0.05) is 17.7 Å². The molecule has 1 aromatic carbocycles. The van der Waals surface area contributed by atoms with Gasteiger partial charge in [0.1, 0.15) is 28.9 Å². The number of amides is 1. The number of pyridine rings is 1. The van der Waals surface area contributed by atoms with Gasteiger partial charge in [-0.3, -0.25) is 4.79 Å². The van der Waals surface area contributed by atoms with Gasteiger partial charge in [-0.05, 0) is 44.2 Å². The van der Waals surface area contributed by atoms with E-state index in [1.807, 2.05) is 0 Å². The number of rotatable bonds is 5. The Kier molecular flexibility index (Phi) is 5.62. The van der Waals surface area contributed by atoms with Crippen LogP contribution in [0.1, 0.15) is 28.1 Å². The van der Waals surface area contributed by atoms with E-state index >= 15 is 0 Å². The largest absolute Gasteiger partial charge is 0.489 e. The van der Waals surface area contributed by atoms with Crippen LogP contribution < -0.4 is 15.4 Å². The Morgan fingerprint density at radius 3 is 3.03 bits per heavy atom. The SMILES string of the molecule is Cc1oc2ccc(OCc3cccnc3Cl)cc2c1C(=O)NC1CCNCC1(F)F. The summed E-state index contributed by atoms with van der Waals surface area (Å²) >= 11 is 6.05. The van der Waals surface area contributed by atoms with Crippen LogP contribution in [0.25, 0.3) is 11.0 Å². The smallest absolute Gasteiger partial charge is 0.280 e. The summed E-state index contributed by atoms with van der Waals surface area (Å²) < 4.78 is 39.6. The Labute approximate surface area is 176 Å². The lowest BCUT2D eigenvalue weighted by Crippen LogP contribution is -2.57. The molecule has 1 atom stereocenters. The maximum atomic E-state index is 14.1. The molecule has 4 rings (SSSR count). The number of alkyl halides is 2. The van der Waals surface area contributed by atoms with Crippen molar-refractivity contribution in [3.63, 3.8) is 0 Å². The fourth-order valence-corrected chi connectivity index (χ4v) is 3.68. The monoisotopic (exact) mass is 435 g/mol. The van der Waals surface area contributed by atoms with Gasteiger partial charge in [-0.2, -0.15) is 0 Å². The lowest BCUT2D eigenvalue weighted by molar-refractivity contribution is -0.0487. The predicted molar refractivity (Wildman–Crippen MR) is 108 cm³/mol. The summed E-state index contributed by atoms with van der Waals surface area (Å²) in [6.07, 6.45) is 1.73. The Morgan fingerprint density at radius 2 is 2.27 bits per heavy atom. The predicted octanol–water partition coefficient (Wildman–Crippen LogP) is 4.10. The van der Waals surface area contributed by atoms with Gasteiger partial charge in [-0.15, -0.1) is 0 Å². The molecule has 1 aliphatic rings. The van der Waals surface area contributed by atoms with Crippen molar-refractivity contribution in [3.8, 4) is 5.75 Å². The van der Waals surface area contributed by atoms with Crippen LogP contribution in [0.2, 0.25) is 5.15 Å². The first-order valence-corrected chi connectivity index (χ1v) is 9.88. The van der Waals surface area contributed by atoms with E-state index in [1.54, 1.807) is 43.5 Å². The van der Waals surface area contributed by atoms with Gasteiger partial charge in [0, 0.05) is 17.1 Å². The number of furan rings is 1. The quantitative estimate of drug-likeness (QED) is 0.590. The number of nitrogens with zero attached hydrogens (tertiary/aromatic N) is 1. The van der Waals surface area contributed by atoms with Crippen LogP contribution >= 0.6 is 11.6 Å². The summed E-state index contributed by atoms with van der Waals surface area (Å²) in [5.74, 6) is -2.76. The Morgan fingerprint density at radius 1 is 1.43 bits per heavy atom.